The molecule has 0 aliphatic rings. The van der Waals surface area contributed by atoms with Gasteiger partial charge in [0.1, 0.15) is 5.75 Å². The van der Waals surface area contributed by atoms with Gasteiger partial charge in [0.15, 0.2) is 0 Å². The number of hydrogen-bond donors (Lipinski definition) is 3. The number of methoxy groups -OCH3 is 1. The Morgan fingerprint density at radius 3 is 2.73 bits per heavy atom. The van der Waals surface area contributed by atoms with Crippen molar-refractivity contribution in [3.05, 3.63) is 64.8 Å². The fraction of sp³-hybridized carbons (Fsp3) is 0.286. The molecule has 0 spiro atoms. The lowest BCUT2D eigenvalue weighted by Gasteiger charge is -2.10. The monoisotopic (exact) mass is 351 g/mol. The van der Waals surface area contributed by atoms with Crippen molar-refractivity contribution in [1.82, 2.24) is 15.6 Å². The number of benzene rings is 2. The van der Waals surface area contributed by atoms with Crippen molar-refractivity contribution in [2.45, 2.75) is 26.8 Å². The molecular weight excluding hydrogens is 326 g/mol. The number of carbonyl (C=O) groups excluding carboxylic acids is 1. The maximum absolute atomic E-state index is 12.0. The first-order chi connectivity index (χ1) is 12.6. The molecule has 5 heteroatoms. The van der Waals surface area contributed by atoms with Gasteiger partial charge in [0.05, 0.1) is 7.11 Å². The van der Waals surface area contributed by atoms with Crippen LogP contribution in [0.5, 0.6) is 5.75 Å². The minimum absolute atomic E-state index is 0.158. The number of H-pyrrole nitrogens is 1. The van der Waals surface area contributed by atoms with Crippen LogP contribution in [0.25, 0.3) is 10.9 Å². The van der Waals surface area contributed by atoms with Crippen molar-refractivity contribution in [3.63, 3.8) is 0 Å². The maximum atomic E-state index is 12.0. The van der Waals surface area contributed by atoms with Crippen molar-refractivity contribution >= 4 is 16.9 Å². The average molecular weight is 351 g/mol. The van der Waals surface area contributed by atoms with E-state index in [1.807, 2.05) is 31.3 Å². The minimum atomic E-state index is -0.158. The molecule has 0 saturated heterocycles. The van der Waals surface area contributed by atoms with Gasteiger partial charge in [-0.1, -0.05) is 24.3 Å². The lowest BCUT2D eigenvalue weighted by atomic mass is 10.1. The Kier molecular flexibility index (Phi) is 5.46. The van der Waals surface area contributed by atoms with E-state index >= 15 is 0 Å². The molecule has 0 aliphatic heterocycles. The summed E-state index contributed by atoms with van der Waals surface area (Å²) in [6.45, 7) is 5.15. The summed E-state index contributed by atoms with van der Waals surface area (Å²) in [4.78, 5) is 15.3. The second-order valence-electron chi connectivity index (χ2n) is 6.53. The summed E-state index contributed by atoms with van der Waals surface area (Å²) in [5.41, 5.74) is 5.69. The lowest BCUT2D eigenvalue weighted by Crippen LogP contribution is -2.36. The van der Waals surface area contributed by atoms with Gasteiger partial charge in [-0.2, -0.15) is 0 Å². The number of aromatic nitrogens is 1. The number of nitrogens with one attached hydrogen (secondary N) is 3. The first-order valence-corrected chi connectivity index (χ1v) is 8.78. The zero-order valence-corrected chi connectivity index (χ0v) is 15.5. The highest BCUT2D eigenvalue weighted by molar-refractivity contribution is 5.83. The fourth-order valence-corrected chi connectivity index (χ4v) is 3.11. The van der Waals surface area contributed by atoms with Gasteiger partial charge in [-0.15, -0.1) is 0 Å². The SMILES string of the molecule is COc1ccc(CNC(=O)NCCc2c[nH]c3cc(C)ccc23)cc1C. The predicted octanol–water partition coefficient (Wildman–Crippen LogP) is 3.84. The number of carbonyl (C=O) groups is 1. The summed E-state index contributed by atoms with van der Waals surface area (Å²) in [6, 6.07) is 12.1. The van der Waals surface area contributed by atoms with E-state index in [9.17, 15) is 4.79 Å². The number of rotatable bonds is 6. The van der Waals surface area contributed by atoms with Crippen LogP contribution in [0.2, 0.25) is 0 Å². The zero-order valence-electron chi connectivity index (χ0n) is 15.5. The highest BCUT2D eigenvalue weighted by atomic mass is 16.5. The molecule has 3 N–H and O–H groups in total. The van der Waals surface area contributed by atoms with Crippen LogP contribution in [0.1, 0.15) is 22.3 Å². The molecule has 3 aromatic rings. The van der Waals surface area contributed by atoms with Crippen LogP contribution < -0.4 is 15.4 Å². The molecule has 0 unspecified atom stereocenters. The highest BCUT2D eigenvalue weighted by Crippen LogP contribution is 2.20. The Balaban J connectivity index is 1.47. The van der Waals surface area contributed by atoms with E-state index in [2.05, 4.69) is 40.7 Å². The van der Waals surface area contributed by atoms with E-state index in [1.54, 1.807) is 7.11 Å². The molecule has 2 aromatic carbocycles. The van der Waals surface area contributed by atoms with Crippen molar-refractivity contribution in [1.29, 1.82) is 0 Å². The Bertz CT molecular complexity index is 915. The van der Waals surface area contributed by atoms with Crippen LogP contribution >= 0.6 is 0 Å². The van der Waals surface area contributed by atoms with Gasteiger partial charge < -0.3 is 20.4 Å². The van der Waals surface area contributed by atoms with Gasteiger partial charge in [0.25, 0.3) is 0 Å². The number of aryl methyl sites for hydroxylation is 2. The molecule has 3 rings (SSSR count). The number of ether oxygens (including phenoxy) is 1. The topological polar surface area (TPSA) is 66.2 Å². The normalized spacial score (nSPS) is 10.7. The third-order valence-corrected chi connectivity index (χ3v) is 4.52. The van der Waals surface area contributed by atoms with Crippen LogP contribution in [0.4, 0.5) is 4.79 Å². The van der Waals surface area contributed by atoms with E-state index in [0.29, 0.717) is 13.1 Å². The zero-order chi connectivity index (χ0) is 18.5. The standard InChI is InChI=1S/C21H25N3O2/c1-14-4-6-18-17(13-23-19(18)10-14)8-9-22-21(25)24-12-16-5-7-20(26-3)15(2)11-16/h4-7,10-11,13,23H,8-9,12H2,1-3H3,(H2,22,24,25). The molecule has 0 radical (unpaired) electrons. The molecule has 5 nitrogen and oxygen atoms in total. The number of hydrogen-bond acceptors (Lipinski definition) is 2. The van der Waals surface area contributed by atoms with Gasteiger partial charge >= 0.3 is 6.03 Å². The maximum Gasteiger partial charge on any atom is 0.315 e. The van der Waals surface area contributed by atoms with Gasteiger partial charge in [0.2, 0.25) is 0 Å². The predicted molar refractivity (Wildman–Crippen MR) is 105 cm³/mol. The second kappa shape index (κ2) is 7.95. The Morgan fingerprint density at radius 2 is 1.96 bits per heavy atom. The van der Waals surface area contributed by atoms with E-state index in [-0.39, 0.29) is 6.03 Å². The van der Waals surface area contributed by atoms with E-state index in [1.165, 1.54) is 16.5 Å². The summed E-state index contributed by atoms with van der Waals surface area (Å²) in [5, 5.41) is 7.02. The number of fused-ring (bicyclic) bond motifs is 1. The minimum Gasteiger partial charge on any atom is -0.496 e. The van der Waals surface area contributed by atoms with Gasteiger partial charge in [-0.25, -0.2) is 4.79 Å². The molecule has 0 saturated carbocycles. The summed E-state index contributed by atoms with van der Waals surface area (Å²) >= 11 is 0. The van der Waals surface area contributed by atoms with E-state index in [0.717, 1.165) is 28.8 Å². The largest absolute Gasteiger partial charge is 0.496 e. The van der Waals surface area contributed by atoms with Gasteiger partial charge in [-0.3, -0.25) is 0 Å². The Hall–Kier alpha value is -2.95. The lowest BCUT2D eigenvalue weighted by molar-refractivity contribution is 0.240. The van der Waals surface area contributed by atoms with Gasteiger partial charge in [0, 0.05) is 30.2 Å². The molecule has 0 aliphatic carbocycles. The molecule has 1 heterocycles. The van der Waals surface area contributed by atoms with E-state index in [4.69, 9.17) is 4.74 Å². The van der Waals surface area contributed by atoms with Crippen LogP contribution in [0.3, 0.4) is 0 Å². The average Bonchev–Trinajstić information content (AvgIpc) is 3.02. The van der Waals surface area contributed by atoms with Crippen LogP contribution in [0, 0.1) is 13.8 Å². The molecule has 2 amide bonds. The van der Waals surface area contributed by atoms with Crippen LogP contribution in [-0.4, -0.2) is 24.7 Å². The van der Waals surface area contributed by atoms with Crippen molar-refractivity contribution in [3.8, 4) is 5.75 Å². The molecule has 0 atom stereocenters. The molecular formula is C21H25N3O2. The van der Waals surface area contributed by atoms with Crippen LogP contribution in [0.15, 0.2) is 42.6 Å². The Labute approximate surface area is 153 Å². The highest BCUT2D eigenvalue weighted by Gasteiger charge is 2.06. The van der Waals surface area contributed by atoms with E-state index < -0.39 is 0 Å². The third kappa shape index (κ3) is 4.17. The van der Waals surface area contributed by atoms with Crippen molar-refractivity contribution < 1.29 is 9.53 Å². The van der Waals surface area contributed by atoms with Crippen molar-refractivity contribution in [2.75, 3.05) is 13.7 Å². The number of amides is 2. The molecule has 1 aromatic heterocycles. The quantitative estimate of drug-likeness (QED) is 0.632. The van der Waals surface area contributed by atoms with Gasteiger partial charge in [-0.05, 0) is 54.7 Å². The summed E-state index contributed by atoms with van der Waals surface area (Å²) < 4.78 is 5.25. The number of urea groups is 1. The summed E-state index contributed by atoms with van der Waals surface area (Å²) in [6.07, 6.45) is 2.81. The molecule has 26 heavy (non-hydrogen) atoms. The first kappa shape index (κ1) is 17.9. The summed E-state index contributed by atoms with van der Waals surface area (Å²) in [7, 11) is 1.66. The summed E-state index contributed by atoms with van der Waals surface area (Å²) in [5.74, 6) is 0.854. The molecule has 0 fully saturated rings. The first-order valence-electron chi connectivity index (χ1n) is 8.78. The molecule has 136 valence electrons. The fourth-order valence-electron chi connectivity index (χ4n) is 3.11. The third-order valence-electron chi connectivity index (χ3n) is 4.52. The van der Waals surface area contributed by atoms with Crippen LogP contribution in [-0.2, 0) is 13.0 Å². The smallest absolute Gasteiger partial charge is 0.315 e. The Morgan fingerprint density at radius 1 is 1.12 bits per heavy atom. The molecule has 0 bridgehead atoms. The second-order valence-corrected chi connectivity index (χ2v) is 6.53. The number of aromatic amines is 1. The van der Waals surface area contributed by atoms with Crippen molar-refractivity contribution in [2.24, 2.45) is 0 Å².